The van der Waals surface area contributed by atoms with Crippen LogP contribution in [0.3, 0.4) is 0 Å². The second-order valence-corrected chi connectivity index (χ2v) is 9.67. The predicted molar refractivity (Wildman–Crippen MR) is 124 cm³/mol. The van der Waals surface area contributed by atoms with E-state index in [0.717, 1.165) is 74.1 Å². The highest BCUT2D eigenvalue weighted by molar-refractivity contribution is 7.19. The topological polar surface area (TPSA) is 110 Å². The molecule has 0 radical (unpaired) electrons. The highest BCUT2D eigenvalue weighted by Gasteiger charge is 2.34. The lowest BCUT2D eigenvalue weighted by molar-refractivity contribution is 0.189. The Hall–Kier alpha value is -3.14. The molecule has 6 rings (SSSR count). The Morgan fingerprint density at radius 3 is 3.12 bits per heavy atom. The van der Waals surface area contributed by atoms with Crippen molar-refractivity contribution in [3.05, 3.63) is 62.9 Å². The van der Waals surface area contributed by atoms with Gasteiger partial charge in [-0.3, -0.25) is 4.98 Å². The number of carbonyl (C=O) groups is 1. The maximum Gasteiger partial charge on any atom is 0.404 e. The number of fused-ring (bicyclic) bond motifs is 3. The van der Waals surface area contributed by atoms with Crippen LogP contribution in [0.5, 0.6) is 5.75 Å². The van der Waals surface area contributed by atoms with Crippen LogP contribution in [0.1, 0.15) is 33.6 Å². The maximum atomic E-state index is 10.9. The van der Waals surface area contributed by atoms with Gasteiger partial charge in [-0.25, -0.2) is 4.79 Å². The molecule has 0 saturated heterocycles. The Bertz CT molecular complexity index is 1400. The summed E-state index contributed by atoms with van der Waals surface area (Å²) in [5.41, 5.74) is 5.75. The summed E-state index contributed by atoms with van der Waals surface area (Å²) in [6.45, 7) is 1.85. The van der Waals surface area contributed by atoms with Gasteiger partial charge in [0.05, 0.1) is 22.5 Å². The highest BCUT2D eigenvalue weighted by atomic mass is 35.5. The summed E-state index contributed by atoms with van der Waals surface area (Å²) < 4.78 is 13.1. The van der Waals surface area contributed by atoms with Gasteiger partial charge in [0.2, 0.25) is 0 Å². The number of hydrogen-bond donors (Lipinski definition) is 3. The molecule has 0 bridgehead atoms. The first-order chi connectivity index (χ1) is 16.1. The molecule has 0 saturated carbocycles. The second-order valence-electron chi connectivity index (χ2n) is 8.10. The van der Waals surface area contributed by atoms with Crippen molar-refractivity contribution in [2.75, 3.05) is 6.54 Å². The van der Waals surface area contributed by atoms with Crippen LogP contribution in [-0.2, 0) is 25.9 Å². The van der Waals surface area contributed by atoms with E-state index in [1.807, 2.05) is 24.3 Å². The van der Waals surface area contributed by atoms with Crippen molar-refractivity contribution in [3.63, 3.8) is 0 Å². The number of rotatable bonds is 4. The largest absolute Gasteiger partial charge is 0.481 e. The number of aromatic nitrogens is 2. The molecule has 3 aromatic heterocycles. The number of benzene rings is 1. The average molecular weight is 483 g/mol. The Labute approximate surface area is 197 Å². The molecule has 8 nitrogen and oxygen atoms in total. The number of hydrogen-bond acceptors (Lipinski definition) is 7. The van der Waals surface area contributed by atoms with Gasteiger partial charge >= 0.3 is 6.09 Å². The molecule has 1 atom stereocenters. The maximum absolute atomic E-state index is 10.9. The molecule has 1 unspecified atom stereocenters. The number of amides is 1. The van der Waals surface area contributed by atoms with Crippen molar-refractivity contribution in [1.29, 1.82) is 0 Å². The fourth-order valence-electron chi connectivity index (χ4n) is 4.54. The van der Waals surface area contributed by atoms with E-state index in [4.69, 9.17) is 26.0 Å². The van der Waals surface area contributed by atoms with Crippen molar-refractivity contribution in [3.8, 4) is 16.9 Å². The number of halogens is 1. The molecule has 2 aliphatic heterocycles. The van der Waals surface area contributed by atoms with Crippen LogP contribution in [-0.4, -0.2) is 27.9 Å². The zero-order chi connectivity index (χ0) is 22.5. The van der Waals surface area contributed by atoms with Crippen molar-refractivity contribution >= 4 is 39.2 Å². The minimum absolute atomic E-state index is 0.229. The lowest BCUT2D eigenvalue weighted by Crippen LogP contribution is -2.24. The number of ether oxygens (including phenoxy) is 1. The van der Waals surface area contributed by atoms with Crippen LogP contribution in [0, 0.1) is 0 Å². The van der Waals surface area contributed by atoms with Gasteiger partial charge in [0.25, 0.3) is 0 Å². The van der Waals surface area contributed by atoms with Crippen LogP contribution in [0.15, 0.2) is 35.0 Å². The van der Waals surface area contributed by atoms with E-state index in [-0.39, 0.29) is 12.6 Å². The molecule has 10 heteroatoms. The summed E-state index contributed by atoms with van der Waals surface area (Å²) in [4.78, 5) is 16.2. The SMILES string of the molecule is O=C(O)NCc1cc2nccc(-c3cc(Cl)cc4c3OC(c3onc5c3CNCC5)C4)c2s1. The summed E-state index contributed by atoms with van der Waals surface area (Å²) in [6.07, 6.45) is 1.93. The zero-order valence-electron chi connectivity index (χ0n) is 17.4. The first kappa shape index (κ1) is 20.5. The third kappa shape index (κ3) is 3.62. The molecule has 1 aromatic carbocycles. The average Bonchev–Trinajstić information content (AvgIpc) is 3.52. The molecule has 0 aliphatic carbocycles. The minimum atomic E-state index is -1.06. The van der Waals surface area contributed by atoms with E-state index in [1.165, 1.54) is 11.3 Å². The standard InChI is InChI=1S/C23H19ClN4O4S/c24-12-5-11-6-19(21-16-10-25-3-2-17(16)28-32-21)31-20(11)15(7-12)14-1-4-26-18-8-13(33-22(14)18)9-27-23(29)30/h1,4-5,7-8,19,25,27H,2-3,6,9-10H2,(H,29,30). The highest BCUT2D eigenvalue weighted by Crippen LogP contribution is 2.48. The second kappa shape index (κ2) is 8.02. The minimum Gasteiger partial charge on any atom is -0.481 e. The third-order valence-corrected chi connectivity index (χ3v) is 7.37. The molecular formula is C23H19ClN4O4S. The molecular weight excluding hydrogens is 464 g/mol. The lowest BCUT2D eigenvalue weighted by atomic mass is 9.99. The Morgan fingerprint density at radius 2 is 2.24 bits per heavy atom. The van der Waals surface area contributed by atoms with Crippen LogP contribution in [0.25, 0.3) is 21.3 Å². The molecule has 1 amide bonds. The van der Waals surface area contributed by atoms with Crippen molar-refractivity contribution in [2.24, 2.45) is 0 Å². The van der Waals surface area contributed by atoms with Gasteiger partial charge in [0.15, 0.2) is 11.9 Å². The summed E-state index contributed by atoms with van der Waals surface area (Å²) in [6, 6.07) is 7.69. The van der Waals surface area contributed by atoms with Gasteiger partial charge in [-0.2, -0.15) is 0 Å². The Morgan fingerprint density at radius 1 is 1.33 bits per heavy atom. The fraction of sp³-hybridized carbons (Fsp3) is 0.261. The van der Waals surface area contributed by atoms with E-state index >= 15 is 0 Å². The quantitative estimate of drug-likeness (QED) is 0.387. The number of nitrogens with one attached hydrogen (secondary N) is 2. The van der Waals surface area contributed by atoms with Crippen molar-refractivity contribution < 1.29 is 19.2 Å². The molecule has 5 heterocycles. The van der Waals surface area contributed by atoms with Gasteiger partial charge in [-0.15, -0.1) is 11.3 Å². The van der Waals surface area contributed by atoms with Gasteiger partial charge in [-0.05, 0) is 24.3 Å². The molecule has 4 aromatic rings. The van der Waals surface area contributed by atoms with Gasteiger partial charge in [0.1, 0.15) is 5.75 Å². The summed E-state index contributed by atoms with van der Waals surface area (Å²) in [7, 11) is 0. The van der Waals surface area contributed by atoms with Gasteiger partial charge in [0, 0.05) is 64.3 Å². The van der Waals surface area contributed by atoms with Crippen molar-refractivity contribution in [1.82, 2.24) is 20.8 Å². The Kier molecular flexibility index (Phi) is 4.97. The fourth-order valence-corrected chi connectivity index (χ4v) is 5.86. The molecule has 0 fully saturated rings. The molecule has 3 N–H and O–H groups in total. The summed E-state index contributed by atoms with van der Waals surface area (Å²) in [5.74, 6) is 1.55. The van der Waals surface area contributed by atoms with Gasteiger partial charge in [-0.1, -0.05) is 16.8 Å². The monoisotopic (exact) mass is 482 g/mol. The number of nitrogens with zero attached hydrogens (tertiary/aromatic N) is 2. The van der Waals surface area contributed by atoms with E-state index < -0.39 is 6.09 Å². The molecule has 2 aliphatic rings. The number of thiophene rings is 1. The normalized spacial score (nSPS) is 16.9. The van der Waals surface area contributed by atoms with Gasteiger partial charge < -0.3 is 25.0 Å². The number of pyridine rings is 1. The summed E-state index contributed by atoms with van der Waals surface area (Å²) >= 11 is 8.02. The molecule has 0 spiro atoms. The molecule has 33 heavy (non-hydrogen) atoms. The third-order valence-electron chi connectivity index (χ3n) is 6.00. The van der Waals surface area contributed by atoms with E-state index in [0.29, 0.717) is 11.4 Å². The first-order valence-electron chi connectivity index (χ1n) is 10.6. The lowest BCUT2D eigenvalue weighted by Gasteiger charge is -2.15. The van der Waals surface area contributed by atoms with Crippen LogP contribution >= 0.6 is 22.9 Å². The first-order valence-corrected chi connectivity index (χ1v) is 11.8. The van der Waals surface area contributed by atoms with Crippen LogP contribution < -0.4 is 15.4 Å². The smallest absolute Gasteiger partial charge is 0.404 e. The Balaban J connectivity index is 1.40. The predicted octanol–water partition coefficient (Wildman–Crippen LogP) is 4.69. The number of carboxylic acid groups (broad SMARTS) is 1. The van der Waals surface area contributed by atoms with E-state index in [2.05, 4.69) is 20.8 Å². The van der Waals surface area contributed by atoms with E-state index in [1.54, 1.807) is 6.20 Å². The van der Waals surface area contributed by atoms with E-state index in [9.17, 15) is 4.79 Å². The summed E-state index contributed by atoms with van der Waals surface area (Å²) in [5, 5.41) is 19.6. The van der Waals surface area contributed by atoms with Crippen LogP contribution in [0.2, 0.25) is 5.02 Å². The zero-order valence-corrected chi connectivity index (χ0v) is 18.9. The molecule has 168 valence electrons. The van der Waals surface area contributed by atoms with Crippen LogP contribution in [0.4, 0.5) is 4.79 Å². The van der Waals surface area contributed by atoms with Crippen molar-refractivity contribution in [2.45, 2.75) is 32.0 Å².